The van der Waals surface area contributed by atoms with Gasteiger partial charge in [-0.2, -0.15) is 0 Å². The average molecular weight is 472 g/mol. The highest BCUT2D eigenvalue weighted by Crippen LogP contribution is 2.15. The van der Waals surface area contributed by atoms with Crippen molar-refractivity contribution in [1.29, 1.82) is 0 Å². The first-order chi connectivity index (χ1) is 17.1. The van der Waals surface area contributed by atoms with E-state index >= 15 is 0 Å². The summed E-state index contributed by atoms with van der Waals surface area (Å²) in [4.78, 5) is 42.3. The van der Waals surface area contributed by atoms with E-state index in [1.54, 1.807) is 29.2 Å². The highest BCUT2D eigenvalue weighted by molar-refractivity contribution is 5.97. The number of benzene rings is 3. The minimum atomic E-state index is -0.909. The molecule has 0 bridgehead atoms. The molecule has 1 fully saturated rings. The molecule has 2 amide bonds. The Kier molecular flexibility index (Phi) is 8.12. The number of hydrogen-bond donors (Lipinski definition) is 1. The molecule has 1 unspecified atom stereocenters. The number of ether oxygens (including phenoxy) is 1. The van der Waals surface area contributed by atoms with Crippen LogP contribution in [0.4, 0.5) is 5.69 Å². The summed E-state index contributed by atoms with van der Waals surface area (Å²) in [5.74, 6) is -1.24. The van der Waals surface area contributed by atoms with Crippen LogP contribution in [-0.4, -0.2) is 61.5 Å². The Balaban J connectivity index is 1.33. The van der Waals surface area contributed by atoms with Crippen LogP contribution in [0.2, 0.25) is 0 Å². The smallest absolute Gasteiger partial charge is 0.329 e. The molecule has 7 nitrogen and oxygen atoms in total. The van der Waals surface area contributed by atoms with Crippen molar-refractivity contribution in [2.45, 2.75) is 12.5 Å². The molecule has 3 aromatic carbocycles. The number of carbonyl (C=O) groups is 3. The minimum Gasteiger partial charge on any atom is -0.454 e. The number of piperazine rings is 1. The van der Waals surface area contributed by atoms with Crippen molar-refractivity contribution < 1.29 is 19.1 Å². The monoisotopic (exact) mass is 471 g/mol. The van der Waals surface area contributed by atoms with Crippen LogP contribution in [0.3, 0.4) is 0 Å². The highest BCUT2D eigenvalue weighted by Gasteiger charge is 2.26. The van der Waals surface area contributed by atoms with E-state index < -0.39 is 12.0 Å². The molecule has 0 spiro atoms. The molecule has 0 aliphatic carbocycles. The number of nitrogens with zero attached hydrogens (tertiary/aromatic N) is 2. The average Bonchev–Trinajstić information content (AvgIpc) is 2.92. The second-order valence-corrected chi connectivity index (χ2v) is 8.39. The number of amides is 2. The summed E-state index contributed by atoms with van der Waals surface area (Å²) < 4.78 is 5.38. The summed E-state index contributed by atoms with van der Waals surface area (Å²) in [5.41, 5.74) is 2.46. The normalized spacial score (nSPS) is 14.2. The van der Waals surface area contributed by atoms with Crippen molar-refractivity contribution in [2.24, 2.45) is 0 Å². The zero-order chi connectivity index (χ0) is 24.5. The Morgan fingerprint density at radius 1 is 0.771 bits per heavy atom. The molecule has 1 aliphatic rings. The molecule has 0 aromatic heterocycles. The fraction of sp³-hybridized carbons (Fsp3) is 0.250. The summed E-state index contributed by atoms with van der Waals surface area (Å²) in [7, 11) is 0. The molecular formula is C28H29N3O4. The summed E-state index contributed by atoms with van der Waals surface area (Å²) >= 11 is 0. The summed E-state index contributed by atoms with van der Waals surface area (Å²) in [5, 5.41) is 2.76. The molecule has 3 aromatic rings. The van der Waals surface area contributed by atoms with Crippen LogP contribution in [0, 0.1) is 0 Å². The van der Waals surface area contributed by atoms with Crippen LogP contribution < -0.4 is 10.2 Å². The largest absolute Gasteiger partial charge is 0.454 e. The van der Waals surface area contributed by atoms with Crippen LogP contribution in [0.1, 0.15) is 15.9 Å². The lowest BCUT2D eigenvalue weighted by molar-refractivity contribution is -0.153. The number of hydrogen-bond acceptors (Lipinski definition) is 5. The lowest BCUT2D eigenvalue weighted by Crippen LogP contribution is -2.50. The van der Waals surface area contributed by atoms with Gasteiger partial charge in [0.2, 0.25) is 0 Å². The van der Waals surface area contributed by atoms with E-state index in [0.717, 1.165) is 11.3 Å². The Labute approximate surface area is 205 Å². The van der Waals surface area contributed by atoms with Crippen LogP contribution >= 0.6 is 0 Å². The molecule has 35 heavy (non-hydrogen) atoms. The third-order valence-electron chi connectivity index (χ3n) is 6.00. The Morgan fingerprint density at radius 3 is 1.97 bits per heavy atom. The molecule has 1 heterocycles. The topological polar surface area (TPSA) is 78.9 Å². The van der Waals surface area contributed by atoms with Gasteiger partial charge in [0, 0.05) is 43.9 Å². The van der Waals surface area contributed by atoms with Gasteiger partial charge in [-0.1, -0.05) is 66.7 Å². The van der Waals surface area contributed by atoms with Gasteiger partial charge in [-0.05, 0) is 29.8 Å². The maximum atomic E-state index is 12.9. The zero-order valence-corrected chi connectivity index (χ0v) is 19.5. The fourth-order valence-electron chi connectivity index (χ4n) is 4.05. The molecule has 1 saturated heterocycles. The third-order valence-corrected chi connectivity index (χ3v) is 6.00. The van der Waals surface area contributed by atoms with Crippen LogP contribution in [0.15, 0.2) is 91.0 Å². The van der Waals surface area contributed by atoms with Crippen molar-refractivity contribution in [3.05, 3.63) is 102 Å². The number of rotatable bonds is 8. The Hall–Kier alpha value is -4.13. The Morgan fingerprint density at radius 2 is 1.34 bits per heavy atom. The maximum Gasteiger partial charge on any atom is 0.329 e. The standard InChI is InChI=1S/C28H29N3O4/c32-26(31-18-16-30(17-19-31)24-14-8-3-9-15-24)21-35-28(34)25(20-22-10-4-1-5-11-22)29-27(33)23-12-6-2-7-13-23/h1-15,25H,16-21H2,(H,29,33). The van der Waals surface area contributed by atoms with Gasteiger partial charge in [0.25, 0.3) is 11.8 Å². The molecule has 4 rings (SSSR count). The second-order valence-electron chi connectivity index (χ2n) is 8.39. The van der Waals surface area contributed by atoms with Crippen LogP contribution in [-0.2, 0) is 20.7 Å². The van der Waals surface area contributed by atoms with E-state index in [9.17, 15) is 14.4 Å². The number of para-hydroxylation sites is 1. The molecule has 7 heteroatoms. The Bertz CT molecular complexity index is 1110. The van der Waals surface area contributed by atoms with E-state index in [1.165, 1.54) is 0 Å². The van der Waals surface area contributed by atoms with Crippen molar-refractivity contribution >= 4 is 23.5 Å². The molecule has 0 saturated carbocycles. The number of esters is 1. The van der Waals surface area contributed by atoms with E-state index in [0.29, 0.717) is 31.7 Å². The number of carbonyl (C=O) groups excluding carboxylic acids is 3. The van der Waals surface area contributed by atoms with E-state index in [-0.39, 0.29) is 24.8 Å². The first kappa shape index (κ1) is 24.0. The molecule has 1 aliphatic heterocycles. The first-order valence-corrected chi connectivity index (χ1v) is 11.7. The maximum absolute atomic E-state index is 12.9. The predicted molar refractivity (Wildman–Crippen MR) is 134 cm³/mol. The second kappa shape index (κ2) is 11.8. The lowest BCUT2D eigenvalue weighted by atomic mass is 10.1. The third kappa shape index (κ3) is 6.69. The molecule has 1 atom stereocenters. The van der Waals surface area contributed by atoms with Gasteiger partial charge in [-0.25, -0.2) is 4.79 Å². The van der Waals surface area contributed by atoms with Gasteiger partial charge in [-0.3, -0.25) is 9.59 Å². The van der Waals surface area contributed by atoms with Crippen molar-refractivity contribution in [1.82, 2.24) is 10.2 Å². The molecular weight excluding hydrogens is 442 g/mol. The minimum absolute atomic E-state index is 0.237. The van der Waals surface area contributed by atoms with Crippen molar-refractivity contribution in [3.63, 3.8) is 0 Å². The van der Waals surface area contributed by atoms with Crippen LogP contribution in [0.5, 0.6) is 0 Å². The highest BCUT2D eigenvalue weighted by atomic mass is 16.5. The molecule has 1 N–H and O–H groups in total. The molecule has 180 valence electrons. The van der Waals surface area contributed by atoms with Gasteiger partial charge < -0.3 is 19.9 Å². The summed E-state index contributed by atoms with van der Waals surface area (Å²) in [6, 6.07) is 27.2. The van der Waals surface area contributed by atoms with E-state index in [1.807, 2.05) is 54.6 Å². The lowest BCUT2D eigenvalue weighted by Gasteiger charge is -2.36. The van der Waals surface area contributed by atoms with Gasteiger partial charge in [0.05, 0.1) is 0 Å². The summed E-state index contributed by atoms with van der Waals surface area (Å²) in [6.45, 7) is 2.20. The number of nitrogens with one attached hydrogen (secondary N) is 1. The van der Waals surface area contributed by atoms with Crippen molar-refractivity contribution in [3.8, 4) is 0 Å². The van der Waals surface area contributed by atoms with Gasteiger partial charge in [0.1, 0.15) is 6.04 Å². The predicted octanol–water partition coefficient (Wildman–Crippen LogP) is 2.92. The van der Waals surface area contributed by atoms with Gasteiger partial charge >= 0.3 is 5.97 Å². The number of anilines is 1. The van der Waals surface area contributed by atoms with Crippen molar-refractivity contribution in [2.75, 3.05) is 37.7 Å². The summed E-state index contributed by atoms with van der Waals surface area (Å²) in [6.07, 6.45) is 0.266. The van der Waals surface area contributed by atoms with Gasteiger partial charge in [-0.15, -0.1) is 0 Å². The zero-order valence-electron chi connectivity index (χ0n) is 19.5. The van der Waals surface area contributed by atoms with Gasteiger partial charge in [0.15, 0.2) is 6.61 Å². The van der Waals surface area contributed by atoms with E-state index in [4.69, 9.17) is 4.74 Å². The van der Waals surface area contributed by atoms with Crippen LogP contribution in [0.25, 0.3) is 0 Å². The van der Waals surface area contributed by atoms with E-state index in [2.05, 4.69) is 22.3 Å². The quantitative estimate of drug-likeness (QED) is 0.511. The molecule has 0 radical (unpaired) electrons. The first-order valence-electron chi connectivity index (χ1n) is 11.7. The fourth-order valence-corrected chi connectivity index (χ4v) is 4.05. The SMILES string of the molecule is O=C(NC(Cc1ccccc1)C(=O)OCC(=O)N1CCN(c2ccccc2)CC1)c1ccccc1.